The standard InChI is InChI=1S/C16H21FN2O/c1-4-20-15-8-14(16(15,2)3)19-10-12-7-11(9-18)5-6-13(12)17/h5-7,14-15,19H,4,8,10H2,1-3H3. The lowest BCUT2D eigenvalue weighted by Gasteiger charge is -2.52. The molecule has 1 N–H and O–H groups in total. The van der Waals surface area contributed by atoms with Crippen LogP contribution in [0.1, 0.15) is 38.3 Å². The highest BCUT2D eigenvalue weighted by Gasteiger charge is 2.48. The van der Waals surface area contributed by atoms with Crippen molar-refractivity contribution in [2.24, 2.45) is 5.41 Å². The van der Waals surface area contributed by atoms with Gasteiger partial charge in [-0.15, -0.1) is 0 Å². The summed E-state index contributed by atoms with van der Waals surface area (Å²) in [7, 11) is 0. The van der Waals surface area contributed by atoms with Gasteiger partial charge in [-0.05, 0) is 31.5 Å². The molecule has 0 bridgehead atoms. The Morgan fingerprint density at radius 1 is 1.50 bits per heavy atom. The molecule has 1 aliphatic rings. The van der Waals surface area contributed by atoms with Crippen LogP contribution in [0.15, 0.2) is 18.2 Å². The molecule has 1 aromatic rings. The summed E-state index contributed by atoms with van der Waals surface area (Å²) in [6.07, 6.45) is 1.21. The molecule has 0 saturated heterocycles. The van der Waals surface area contributed by atoms with Gasteiger partial charge in [-0.2, -0.15) is 5.26 Å². The van der Waals surface area contributed by atoms with Gasteiger partial charge in [0.2, 0.25) is 0 Å². The minimum atomic E-state index is -0.269. The number of rotatable bonds is 5. The zero-order chi connectivity index (χ0) is 14.8. The minimum absolute atomic E-state index is 0.0549. The number of nitrogens with one attached hydrogen (secondary N) is 1. The zero-order valence-electron chi connectivity index (χ0n) is 12.2. The minimum Gasteiger partial charge on any atom is -0.378 e. The Balaban J connectivity index is 1.96. The van der Waals surface area contributed by atoms with E-state index in [9.17, 15) is 4.39 Å². The topological polar surface area (TPSA) is 45.0 Å². The van der Waals surface area contributed by atoms with Crippen LogP contribution in [-0.4, -0.2) is 18.8 Å². The summed E-state index contributed by atoms with van der Waals surface area (Å²) >= 11 is 0. The molecule has 2 unspecified atom stereocenters. The third-order valence-corrected chi connectivity index (χ3v) is 4.26. The third-order valence-electron chi connectivity index (χ3n) is 4.26. The molecule has 2 rings (SSSR count). The smallest absolute Gasteiger partial charge is 0.127 e. The highest BCUT2D eigenvalue weighted by Crippen LogP contribution is 2.42. The molecule has 0 spiro atoms. The van der Waals surface area contributed by atoms with Crippen molar-refractivity contribution in [3.8, 4) is 6.07 Å². The van der Waals surface area contributed by atoms with Crippen LogP contribution in [0.4, 0.5) is 4.39 Å². The molecule has 1 aliphatic carbocycles. The molecule has 0 amide bonds. The molecule has 1 aromatic carbocycles. The van der Waals surface area contributed by atoms with Crippen molar-refractivity contribution in [1.29, 1.82) is 5.26 Å². The number of nitriles is 1. The summed E-state index contributed by atoms with van der Waals surface area (Å²) in [5.74, 6) is -0.269. The lowest BCUT2D eigenvalue weighted by Crippen LogP contribution is -2.60. The Kier molecular flexibility index (Phi) is 4.42. The van der Waals surface area contributed by atoms with E-state index in [-0.39, 0.29) is 17.3 Å². The summed E-state index contributed by atoms with van der Waals surface area (Å²) < 4.78 is 19.4. The van der Waals surface area contributed by atoms with Crippen LogP contribution in [0, 0.1) is 22.6 Å². The van der Waals surface area contributed by atoms with Gasteiger partial charge in [0, 0.05) is 30.2 Å². The molecular weight excluding hydrogens is 255 g/mol. The van der Waals surface area contributed by atoms with Crippen LogP contribution >= 0.6 is 0 Å². The van der Waals surface area contributed by atoms with E-state index in [0.717, 1.165) is 13.0 Å². The predicted molar refractivity (Wildman–Crippen MR) is 75.6 cm³/mol. The molecule has 0 aliphatic heterocycles. The fourth-order valence-electron chi connectivity index (χ4n) is 2.73. The maximum Gasteiger partial charge on any atom is 0.127 e. The fourth-order valence-corrected chi connectivity index (χ4v) is 2.73. The van der Waals surface area contributed by atoms with Gasteiger partial charge in [0.25, 0.3) is 0 Å². The first-order chi connectivity index (χ1) is 9.48. The van der Waals surface area contributed by atoms with Gasteiger partial charge < -0.3 is 10.1 Å². The molecule has 0 heterocycles. The molecule has 20 heavy (non-hydrogen) atoms. The highest BCUT2D eigenvalue weighted by atomic mass is 19.1. The van der Waals surface area contributed by atoms with Gasteiger partial charge in [-0.25, -0.2) is 4.39 Å². The van der Waals surface area contributed by atoms with E-state index >= 15 is 0 Å². The molecule has 0 radical (unpaired) electrons. The number of hydrogen-bond donors (Lipinski definition) is 1. The highest BCUT2D eigenvalue weighted by molar-refractivity contribution is 5.33. The summed E-state index contributed by atoms with van der Waals surface area (Å²) in [6.45, 7) is 7.49. The Morgan fingerprint density at radius 2 is 2.25 bits per heavy atom. The van der Waals surface area contributed by atoms with Gasteiger partial charge in [-0.3, -0.25) is 0 Å². The van der Waals surface area contributed by atoms with Gasteiger partial charge in [-0.1, -0.05) is 13.8 Å². The fraction of sp³-hybridized carbons (Fsp3) is 0.562. The van der Waals surface area contributed by atoms with E-state index in [0.29, 0.717) is 23.7 Å². The van der Waals surface area contributed by atoms with E-state index < -0.39 is 0 Å². The molecule has 108 valence electrons. The Hall–Kier alpha value is -1.44. The largest absolute Gasteiger partial charge is 0.378 e. The van der Waals surface area contributed by atoms with E-state index in [4.69, 9.17) is 10.00 Å². The monoisotopic (exact) mass is 276 g/mol. The normalized spacial score (nSPS) is 23.9. The van der Waals surface area contributed by atoms with Crippen molar-refractivity contribution in [2.75, 3.05) is 6.61 Å². The van der Waals surface area contributed by atoms with Crippen molar-refractivity contribution in [2.45, 2.75) is 45.9 Å². The molecule has 3 nitrogen and oxygen atoms in total. The van der Waals surface area contributed by atoms with Crippen molar-refractivity contribution in [1.82, 2.24) is 5.32 Å². The van der Waals surface area contributed by atoms with E-state index in [1.165, 1.54) is 12.1 Å². The lowest BCUT2D eigenvalue weighted by atomic mass is 9.64. The van der Waals surface area contributed by atoms with E-state index in [1.54, 1.807) is 6.07 Å². The van der Waals surface area contributed by atoms with Crippen LogP contribution in [0.5, 0.6) is 0 Å². The van der Waals surface area contributed by atoms with Crippen LogP contribution in [-0.2, 0) is 11.3 Å². The Morgan fingerprint density at radius 3 is 2.85 bits per heavy atom. The quantitative estimate of drug-likeness (QED) is 0.899. The van der Waals surface area contributed by atoms with Crippen LogP contribution < -0.4 is 5.32 Å². The number of ether oxygens (including phenoxy) is 1. The van der Waals surface area contributed by atoms with Gasteiger partial charge in [0.15, 0.2) is 0 Å². The molecular formula is C16H21FN2O. The summed E-state index contributed by atoms with van der Waals surface area (Å²) in [6, 6.07) is 6.80. The second-order valence-corrected chi connectivity index (χ2v) is 5.85. The zero-order valence-corrected chi connectivity index (χ0v) is 12.2. The SMILES string of the molecule is CCOC1CC(NCc2cc(C#N)ccc2F)C1(C)C. The van der Waals surface area contributed by atoms with Gasteiger partial charge in [0.1, 0.15) is 5.82 Å². The van der Waals surface area contributed by atoms with Crippen molar-refractivity contribution in [3.05, 3.63) is 35.1 Å². The van der Waals surface area contributed by atoms with Crippen molar-refractivity contribution < 1.29 is 9.13 Å². The van der Waals surface area contributed by atoms with Crippen molar-refractivity contribution >= 4 is 0 Å². The van der Waals surface area contributed by atoms with Crippen LogP contribution in [0.2, 0.25) is 0 Å². The average molecular weight is 276 g/mol. The Labute approximate surface area is 119 Å². The Bertz CT molecular complexity index is 522. The summed E-state index contributed by atoms with van der Waals surface area (Å²) in [5.41, 5.74) is 1.09. The number of hydrogen-bond acceptors (Lipinski definition) is 3. The van der Waals surface area contributed by atoms with Crippen molar-refractivity contribution in [3.63, 3.8) is 0 Å². The van der Waals surface area contributed by atoms with Gasteiger partial charge in [0.05, 0.1) is 17.7 Å². The number of nitrogens with zero attached hydrogens (tertiary/aromatic N) is 1. The maximum atomic E-state index is 13.7. The maximum absolute atomic E-state index is 13.7. The predicted octanol–water partition coefficient (Wildman–Crippen LogP) is 2.99. The van der Waals surface area contributed by atoms with Gasteiger partial charge >= 0.3 is 0 Å². The first-order valence-electron chi connectivity index (χ1n) is 7.02. The number of halogens is 1. The van der Waals surface area contributed by atoms with Crippen LogP contribution in [0.3, 0.4) is 0 Å². The average Bonchev–Trinajstić information content (AvgIpc) is 2.43. The summed E-state index contributed by atoms with van der Waals surface area (Å²) in [4.78, 5) is 0. The second-order valence-electron chi connectivity index (χ2n) is 5.85. The van der Waals surface area contributed by atoms with E-state index in [2.05, 4.69) is 19.2 Å². The molecule has 1 fully saturated rings. The first kappa shape index (κ1) is 15.0. The molecule has 1 saturated carbocycles. The third kappa shape index (κ3) is 2.84. The number of benzene rings is 1. The summed E-state index contributed by atoms with van der Waals surface area (Å²) in [5, 5.41) is 12.2. The second kappa shape index (κ2) is 5.90. The molecule has 0 aromatic heterocycles. The first-order valence-corrected chi connectivity index (χ1v) is 7.02. The molecule has 2 atom stereocenters. The lowest BCUT2D eigenvalue weighted by molar-refractivity contribution is -0.114. The van der Waals surface area contributed by atoms with E-state index in [1.807, 2.05) is 13.0 Å². The van der Waals surface area contributed by atoms with Crippen LogP contribution in [0.25, 0.3) is 0 Å². The molecule has 4 heteroatoms.